The highest BCUT2D eigenvalue weighted by Crippen LogP contribution is 2.36. The van der Waals surface area contributed by atoms with Crippen molar-refractivity contribution < 1.29 is 12.8 Å². The Labute approximate surface area is 170 Å². The van der Waals surface area contributed by atoms with Crippen LogP contribution in [0.2, 0.25) is 5.02 Å². The number of hydrogen-bond donors (Lipinski definition) is 2. The molecular weight excluding hydrogens is 423 g/mol. The Morgan fingerprint density at radius 3 is 2.93 bits per heavy atom. The first kappa shape index (κ1) is 19.1. The average Bonchev–Trinajstić information content (AvgIpc) is 3.17. The van der Waals surface area contributed by atoms with Gasteiger partial charge in [0.15, 0.2) is 5.13 Å². The first-order valence-corrected chi connectivity index (χ1v) is 11.3. The van der Waals surface area contributed by atoms with Gasteiger partial charge in [0.1, 0.15) is 10.7 Å². The summed E-state index contributed by atoms with van der Waals surface area (Å²) in [4.78, 5) is 7.50. The van der Waals surface area contributed by atoms with Crippen LogP contribution in [0.3, 0.4) is 0 Å². The Balaban J connectivity index is 1.62. The zero-order valence-electron chi connectivity index (χ0n) is 14.5. The molecule has 0 aliphatic heterocycles. The number of aryl methyl sites for hydroxylation is 1. The molecule has 1 aromatic carbocycles. The normalized spacial score (nSPS) is 16.4. The molecule has 0 spiro atoms. The van der Waals surface area contributed by atoms with Crippen LogP contribution in [0.5, 0.6) is 0 Å². The maximum Gasteiger partial charge on any atom is 0.266 e. The molecule has 3 aromatic rings. The van der Waals surface area contributed by atoms with Gasteiger partial charge in [0.25, 0.3) is 10.0 Å². The van der Waals surface area contributed by atoms with Crippen molar-refractivity contribution in [2.24, 2.45) is 0 Å². The minimum absolute atomic E-state index is 0.0646. The van der Waals surface area contributed by atoms with Crippen LogP contribution < -0.4 is 10.0 Å². The summed E-state index contributed by atoms with van der Waals surface area (Å²) in [5.74, 6) is -0.891. The highest BCUT2D eigenvalue weighted by molar-refractivity contribution is 7.93. The molecule has 146 valence electrons. The molecular formula is C18H16ClFN4O2S2. The zero-order valence-corrected chi connectivity index (χ0v) is 16.9. The van der Waals surface area contributed by atoms with Crippen molar-refractivity contribution in [2.75, 3.05) is 10.0 Å². The van der Waals surface area contributed by atoms with E-state index in [1.54, 1.807) is 17.8 Å². The van der Waals surface area contributed by atoms with Crippen molar-refractivity contribution in [1.29, 1.82) is 0 Å². The molecule has 28 heavy (non-hydrogen) atoms. The molecule has 0 saturated heterocycles. The van der Waals surface area contributed by atoms with Gasteiger partial charge in [-0.05, 0) is 48.6 Å². The first-order valence-electron chi connectivity index (χ1n) is 8.55. The number of aromatic nitrogens is 2. The third kappa shape index (κ3) is 3.82. The Kier molecular flexibility index (Phi) is 5.22. The Bertz CT molecular complexity index is 1110. The number of thiazole rings is 1. The van der Waals surface area contributed by atoms with Crippen LogP contribution in [0, 0.1) is 5.82 Å². The summed E-state index contributed by atoms with van der Waals surface area (Å²) < 4.78 is 41.8. The van der Waals surface area contributed by atoms with Crippen molar-refractivity contribution in [3.05, 3.63) is 64.1 Å². The van der Waals surface area contributed by atoms with E-state index in [-0.39, 0.29) is 16.2 Å². The van der Waals surface area contributed by atoms with Gasteiger partial charge in [-0.3, -0.25) is 9.71 Å². The van der Waals surface area contributed by atoms with Crippen molar-refractivity contribution >= 4 is 43.8 Å². The Morgan fingerprint density at radius 1 is 1.29 bits per heavy atom. The summed E-state index contributed by atoms with van der Waals surface area (Å²) in [6.07, 6.45) is 7.81. The number of fused-ring (bicyclic) bond motifs is 1. The van der Waals surface area contributed by atoms with E-state index in [1.807, 2.05) is 6.07 Å². The van der Waals surface area contributed by atoms with Crippen molar-refractivity contribution in [3.63, 3.8) is 0 Å². The van der Waals surface area contributed by atoms with Crippen LogP contribution in [-0.2, 0) is 16.4 Å². The lowest BCUT2D eigenvalue weighted by molar-refractivity contribution is 0.569. The molecule has 1 aliphatic rings. The number of halogens is 2. The number of hydrogen-bond acceptors (Lipinski definition) is 6. The number of benzene rings is 1. The SMILES string of the molecule is O=S(=O)(Nc1nccs1)c1cc(Cl)c(NC2CCCc3ccncc32)cc1F. The number of sulfonamides is 1. The molecule has 1 aliphatic carbocycles. The van der Waals surface area contributed by atoms with E-state index in [0.29, 0.717) is 5.69 Å². The lowest BCUT2D eigenvalue weighted by atomic mass is 9.89. The van der Waals surface area contributed by atoms with E-state index in [2.05, 4.69) is 20.0 Å². The molecule has 0 saturated carbocycles. The number of rotatable bonds is 5. The van der Waals surface area contributed by atoms with E-state index in [0.717, 1.165) is 48.3 Å². The largest absolute Gasteiger partial charge is 0.377 e. The second-order valence-corrected chi connectivity index (χ2v) is 9.32. The number of nitrogens with zero attached hydrogens (tertiary/aromatic N) is 2. The van der Waals surface area contributed by atoms with Gasteiger partial charge in [0.2, 0.25) is 0 Å². The predicted octanol–water partition coefficient (Wildman–Crippen LogP) is 4.62. The van der Waals surface area contributed by atoms with Gasteiger partial charge >= 0.3 is 0 Å². The van der Waals surface area contributed by atoms with Crippen LogP contribution in [0.25, 0.3) is 0 Å². The summed E-state index contributed by atoms with van der Waals surface area (Å²) in [5.41, 5.74) is 2.59. The fourth-order valence-corrected chi connectivity index (χ4v) is 5.41. The molecule has 0 radical (unpaired) electrons. The van der Waals surface area contributed by atoms with Gasteiger partial charge in [-0.25, -0.2) is 17.8 Å². The molecule has 10 heteroatoms. The second kappa shape index (κ2) is 7.65. The van der Waals surface area contributed by atoms with Crippen LogP contribution in [0.4, 0.5) is 15.2 Å². The van der Waals surface area contributed by atoms with Crippen LogP contribution in [0.1, 0.15) is 30.0 Å². The first-order chi connectivity index (χ1) is 13.4. The summed E-state index contributed by atoms with van der Waals surface area (Å²) in [6, 6.07) is 4.14. The molecule has 0 fully saturated rings. The summed E-state index contributed by atoms with van der Waals surface area (Å²) in [7, 11) is -4.13. The number of nitrogens with one attached hydrogen (secondary N) is 2. The molecule has 2 N–H and O–H groups in total. The molecule has 4 rings (SSSR count). The van der Waals surface area contributed by atoms with Crippen molar-refractivity contribution in [1.82, 2.24) is 9.97 Å². The lowest BCUT2D eigenvalue weighted by Gasteiger charge is -2.27. The molecule has 0 bridgehead atoms. The van der Waals surface area contributed by atoms with Gasteiger partial charge in [-0.15, -0.1) is 11.3 Å². The smallest absolute Gasteiger partial charge is 0.266 e. The lowest BCUT2D eigenvalue weighted by Crippen LogP contribution is -2.19. The number of anilines is 2. The molecule has 1 unspecified atom stereocenters. The van der Waals surface area contributed by atoms with E-state index >= 15 is 0 Å². The summed E-state index contributed by atoms with van der Waals surface area (Å²) >= 11 is 7.38. The average molecular weight is 439 g/mol. The monoisotopic (exact) mass is 438 g/mol. The topological polar surface area (TPSA) is 84.0 Å². The van der Waals surface area contributed by atoms with Gasteiger partial charge < -0.3 is 5.32 Å². The minimum atomic E-state index is -4.13. The second-order valence-electron chi connectivity index (χ2n) is 6.37. The van der Waals surface area contributed by atoms with E-state index < -0.39 is 20.7 Å². The fraction of sp³-hybridized carbons (Fsp3) is 0.222. The third-order valence-corrected chi connectivity index (χ3v) is 7.04. The van der Waals surface area contributed by atoms with E-state index in [4.69, 9.17) is 11.6 Å². The van der Waals surface area contributed by atoms with Gasteiger partial charge in [-0.1, -0.05) is 11.6 Å². The maximum atomic E-state index is 14.7. The zero-order chi connectivity index (χ0) is 19.7. The highest BCUT2D eigenvalue weighted by Gasteiger charge is 2.25. The van der Waals surface area contributed by atoms with Gasteiger partial charge in [0, 0.05) is 24.0 Å². The van der Waals surface area contributed by atoms with Crippen molar-refractivity contribution in [3.8, 4) is 0 Å². The number of pyridine rings is 1. The summed E-state index contributed by atoms with van der Waals surface area (Å²) in [6.45, 7) is 0. The van der Waals surface area contributed by atoms with E-state index in [1.165, 1.54) is 11.8 Å². The maximum absolute atomic E-state index is 14.7. The van der Waals surface area contributed by atoms with Crippen LogP contribution in [0.15, 0.2) is 47.1 Å². The van der Waals surface area contributed by atoms with Crippen LogP contribution in [-0.4, -0.2) is 18.4 Å². The minimum Gasteiger partial charge on any atom is -0.377 e. The van der Waals surface area contributed by atoms with Crippen molar-refractivity contribution in [2.45, 2.75) is 30.2 Å². The molecule has 2 heterocycles. The summed E-state index contributed by atoms with van der Waals surface area (Å²) in [5, 5.41) is 5.13. The quantitative estimate of drug-likeness (QED) is 0.607. The third-order valence-electron chi connectivity index (χ3n) is 4.56. The molecule has 1 atom stereocenters. The highest BCUT2D eigenvalue weighted by atomic mass is 35.5. The van der Waals surface area contributed by atoms with E-state index in [9.17, 15) is 12.8 Å². The molecule has 6 nitrogen and oxygen atoms in total. The standard InChI is InChI=1S/C18H16ClFN4O2S2/c19-13-8-17(28(25,26)24-18-22-6-7-27-18)14(20)9-16(13)23-15-3-1-2-11-4-5-21-10-12(11)15/h4-10,15,23H,1-3H2,(H,22,24). The Hall–Kier alpha value is -2.23. The predicted molar refractivity (Wildman–Crippen MR) is 108 cm³/mol. The fourth-order valence-electron chi connectivity index (χ4n) is 3.26. The molecule has 2 aromatic heterocycles. The van der Waals surface area contributed by atoms with Gasteiger partial charge in [0.05, 0.1) is 16.8 Å². The Morgan fingerprint density at radius 2 is 2.14 bits per heavy atom. The molecule has 0 amide bonds. The van der Waals surface area contributed by atoms with Gasteiger partial charge in [-0.2, -0.15) is 0 Å². The van der Waals surface area contributed by atoms with Crippen LogP contribution >= 0.6 is 22.9 Å².